The second-order valence-electron chi connectivity index (χ2n) is 6.30. The van der Waals surface area contributed by atoms with E-state index in [1.165, 1.54) is 29.3 Å². The fourth-order valence-electron chi connectivity index (χ4n) is 2.67. The lowest BCUT2D eigenvalue weighted by molar-refractivity contribution is 0.0818. The van der Waals surface area contributed by atoms with Gasteiger partial charge in [0.15, 0.2) is 9.84 Å². The first-order chi connectivity index (χ1) is 12.2. The number of fused-ring (bicyclic) bond motifs is 1. The molecule has 0 bridgehead atoms. The van der Waals surface area contributed by atoms with Crippen LogP contribution >= 0.6 is 0 Å². The van der Waals surface area contributed by atoms with Gasteiger partial charge in [-0.2, -0.15) is 0 Å². The van der Waals surface area contributed by atoms with Gasteiger partial charge in [-0.3, -0.25) is 4.79 Å². The molecular weight excluding hydrogens is 357 g/mol. The smallest absolute Gasteiger partial charge is 0.270 e. The van der Waals surface area contributed by atoms with E-state index in [1.54, 1.807) is 36.9 Å². The van der Waals surface area contributed by atoms with Crippen molar-refractivity contribution in [3.63, 3.8) is 0 Å². The number of nitrogens with zero attached hydrogens (tertiary/aromatic N) is 3. The van der Waals surface area contributed by atoms with Gasteiger partial charge >= 0.3 is 0 Å². The van der Waals surface area contributed by atoms with Gasteiger partial charge < -0.3 is 9.47 Å². The average Bonchev–Trinajstić information content (AvgIpc) is 2.93. The highest BCUT2D eigenvalue weighted by Crippen LogP contribution is 2.23. The maximum Gasteiger partial charge on any atom is 0.270 e. The summed E-state index contributed by atoms with van der Waals surface area (Å²) in [5, 5.41) is 0.556. The number of carbonyl (C=O) groups is 1. The zero-order valence-electron chi connectivity index (χ0n) is 14.6. The number of carbonyl (C=O) groups excluding carboxylic acids is 1. The van der Waals surface area contributed by atoms with Crippen LogP contribution in [-0.2, 0) is 16.4 Å². The molecule has 0 fully saturated rings. The van der Waals surface area contributed by atoms with Crippen LogP contribution in [0.5, 0.6) is 0 Å². The lowest BCUT2D eigenvalue weighted by atomic mass is 10.2. The van der Waals surface area contributed by atoms with E-state index in [0.717, 1.165) is 11.8 Å². The molecule has 6 nitrogen and oxygen atoms in total. The predicted molar refractivity (Wildman–Crippen MR) is 96.4 cm³/mol. The quantitative estimate of drug-likeness (QED) is 0.702. The number of pyridine rings is 1. The summed E-state index contributed by atoms with van der Waals surface area (Å²) in [4.78, 5) is 18.4. The zero-order chi connectivity index (χ0) is 19.1. The van der Waals surface area contributed by atoms with Crippen LogP contribution in [0.4, 0.5) is 4.39 Å². The van der Waals surface area contributed by atoms with Gasteiger partial charge in [-0.1, -0.05) is 12.1 Å². The van der Waals surface area contributed by atoms with Crippen molar-refractivity contribution in [2.75, 3.05) is 20.4 Å². The predicted octanol–water partition coefficient (Wildman–Crippen LogP) is 2.33. The van der Waals surface area contributed by atoms with E-state index in [1.807, 2.05) is 0 Å². The first kappa shape index (κ1) is 18.1. The number of hydrogen-bond acceptors (Lipinski definition) is 4. The molecule has 1 amide bonds. The Hall–Kier alpha value is -2.74. The second-order valence-corrected chi connectivity index (χ2v) is 8.31. The molecule has 0 aliphatic heterocycles. The van der Waals surface area contributed by atoms with Crippen molar-refractivity contribution in [3.05, 3.63) is 59.7 Å². The number of aromatic nitrogens is 2. The van der Waals surface area contributed by atoms with Gasteiger partial charge in [-0.25, -0.2) is 17.8 Å². The van der Waals surface area contributed by atoms with Crippen LogP contribution in [0, 0.1) is 5.82 Å². The molecule has 26 heavy (non-hydrogen) atoms. The Kier molecular flexibility index (Phi) is 4.53. The minimum absolute atomic E-state index is 0.0905. The topological polar surface area (TPSA) is 72.3 Å². The summed E-state index contributed by atoms with van der Waals surface area (Å²) in [7, 11) is -0.134. The van der Waals surface area contributed by atoms with E-state index in [4.69, 9.17) is 0 Å². The summed E-state index contributed by atoms with van der Waals surface area (Å²) in [5.41, 5.74) is 1.67. The largest absolute Gasteiger partial charge is 0.343 e. The van der Waals surface area contributed by atoms with Crippen LogP contribution in [0.3, 0.4) is 0 Å². The molecule has 0 radical (unpaired) electrons. The lowest BCUT2D eigenvalue weighted by Gasteiger charge is -2.14. The first-order valence-electron chi connectivity index (χ1n) is 7.82. The van der Waals surface area contributed by atoms with Crippen molar-refractivity contribution in [1.29, 1.82) is 0 Å². The lowest BCUT2D eigenvalue weighted by Crippen LogP contribution is -2.24. The van der Waals surface area contributed by atoms with Crippen LogP contribution < -0.4 is 0 Å². The second kappa shape index (κ2) is 6.53. The Morgan fingerprint density at radius 2 is 1.85 bits per heavy atom. The average molecular weight is 375 g/mol. The SMILES string of the molecule is CN(C)C(=O)c1cc2cc(S(C)(=O)=O)cnc2n1Cc1ccc(F)cc1. The molecule has 0 atom stereocenters. The van der Waals surface area contributed by atoms with Gasteiger partial charge in [0.05, 0.1) is 4.90 Å². The van der Waals surface area contributed by atoms with Gasteiger partial charge in [0.25, 0.3) is 5.91 Å². The van der Waals surface area contributed by atoms with Crippen LogP contribution in [0.2, 0.25) is 0 Å². The highest BCUT2D eigenvalue weighted by Gasteiger charge is 2.20. The van der Waals surface area contributed by atoms with E-state index >= 15 is 0 Å². The summed E-state index contributed by atoms with van der Waals surface area (Å²) in [5.74, 6) is -0.572. The summed E-state index contributed by atoms with van der Waals surface area (Å²) < 4.78 is 38.4. The van der Waals surface area contributed by atoms with Crippen molar-refractivity contribution in [3.8, 4) is 0 Å². The minimum Gasteiger partial charge on any atom is -0.343 e. The van der Waals surface area contributed by atoms with Gasteiger partial charge in [0, 0.05) is 38.5 Å². The van der Waals surface area contributed by atoms with Crippen molar-refractivity contribution in [2.45, 2.75) is 11.4 Å². The summed E-state index contributed by atoms with van der Waals surface area (Å²) in [6.07, 6.45) is 2.39. The van der Waals surface area contributed by atoms with Crippen LogP contribution in [0.1, 0.15) is 16.1 Å². The highest BCUT2D eigenvalue weighted by atomic mass is 32.2. The van der Waals surface area contributed by atoms with E-state index in [-0.39, 0.29) is 16.6 Å². The highest BCUT2D eigenvalue weighted by molar-refractivity contribution is 7.90. The Morgan fingerprint density at radius 3 is 2.42 bits per heavy atom. The summed E-state index contributed by atoms with van der Waals surface area (Å²) in [6, 6.07) is 9.10. The Balaban J connectivity index is 2.18. The molecule has 8 heteroatoms. The molecule has 2 heterocycles. The Bertz CT molecular complexity index is 1090. The monoisotopic (exact) mass is 375 g/mol. The van der Waals surface area contributed by atoms with Crippen LogP contribution in [-0.4, -0.2) is 49.1 Å². The molecule has 3 aromatic rings. The third-order valence-corrected chi connectivity index (χ3v) is 5.10. The van der Waals surface area contributed by atoms with Gasteiger partial charge in [-0.05, 0) is 29.8 Å². The minimum atomic E-state index is -3.41. The Labute approximate surface area is 150 Å². The molecule has 136 valence electrons. The van der Waals surface area contributed by atoms with Crippen molar-refractivity contribution < 1.29 is 17.6 Å². The van der Waals surface area contributed by atoms with Crippen LogP contribution in [0.15, 0.2) is 47.5 Å². The number of rotatable bonds is 4. The molecule has 0 aliphatic rings. The fraction of sp³-hybridized carbons (Fsp3) is 0.222. The number of halogens is 1. The number of amides is 1. The van der Waals surface area contributed by atoms with Gasteiger partial charge in [0.1, 0.15) is 17.2 Å². The molecule has 0 aliphatic carbocycles. The standard InChI is InChI=1S/C18H18FN3O3S/c1-21(2)18(23)16-9-13-8-15(26(3,24)25)10-20-17(13)22(16)11-12-4-6-14(19)7-5-12/h4-10H,11H2,1-3H3. The third kappa shape index (κ3) is 3.45. The van der Waals surface area contributed by atoms with Crippen molar-refractivity contribution in [1.82, 2.24) is 14.5 Å². The molecule has 0 spiro atoms. The molecule has 3 rings (SSSR count). The molecule has 0 saturated heterocycles. The molecule has 2 aromatic heterocycles. The van der Waals surface area contributed by atoms with Gasteiger partial charge in [-0.15, -0.1) is 0 Å². The first-order valence-corrected chi connectivity index (χ1v) is 9.71. The number of hydrogen-bond donors (Lipinski definition) is 0. The number of sulfone groups is 1. The van der Waals surface area contributed by atoms with E-state index < -0.39 is 9.84 Å². The van der Waals surface area contributed by atoms with E-state index in [9.17, 15) is 17.6 Å². The Morgan fingerprint density at radius 1 is 1.19 bits per heavy atom. The maximum absolute atomic E-state index is 13.2. The molecular formula is C18H18FN3O3S. The molecule has 0 N–H and O–H groups in total. The van der Waals surface area contributed by atoms with Gasteiger partial charge in [0.2, 0.25) is 0 Å². The van der Waals surface area contributed by atoms with Crippen molar-refractivity contribution >= 4 is 26.8 Å². The molecule has 0 unspecified atom stereocenters. The fourth-order valence-corrected chi connectivity index (χ4v) is 3.25. The third-order valence-electron chi connectivity index (χ3n) is 4.02. The van der Waals surface area contributed by atoms with E-state index in [0.29, 0.717) is 23.3 Å². The van der Waals surface area contributed by atoms with Crippen LogP contribution in [0.25, 0.3) is 11.0 Å². The van der Waals surface area contributed by atoms with Crippen molar-refractivity contribution in [2.24, 2.45) is 0 Å². The normalized spacial score (nSPS) is 11.7. The molecule has 0 saturated carbocycles. The molecule has 1 aromatic carbocycles. The zero-order valence-corrected chi connectivity index (χ0v) is 15.4. The summed E-state index contributed by atoms with van der Waals surface area (Å²) >= 11 is 0. The van der Waals surface area contributed by atoms with E-state index in [2.05, 4.69) is 4.98 Å². The maximum atomic E-state index is 13.2. The number of benzene rings is 1. The summed E-state index contributed by atoms with van der Waals surface area (Å²) in [6.45, 7) is 0.309.